The van der Waals surface area contributed by atoms with Crippen molar-refractivity contribution in [3.63, 3.8) is 0 Å². The van der Waals surface area contributed by atoms with E-state index < -0.39 is 46.9 Å². The van der Waals surface area contributed by atoms with E-state index >= 15 is 0 Å². The Kier molecular flexibility index (Phi) is 6.16. The molecule has 4 aliphatic rings. The first-order valence-corrected chi connectivity index (χ1v) is 13.4. The Morgan fingerprint density at radius 2 is 2.00 bits per heavy atom. The molecule has 16 heteroatoms. The Morgan fingerprint density at radius 3 is 2.74 bits per heavy atom. The van der Waals surface area contributed by atoms with E-state index in [2.05, 4.69) is 49.8 Å². The van der Waals surface area contributed by atoms with Crippen LogP contribution in [0.15, 0.2) is 45.4 Å². The van der Waals surface area contributed by atoms with Gasteiger partial charge in [0.1, 0.15) is 23.5 Å². The van der Waals surface area contributed by atoms with Crippen LogP contribution in [0, 0.1) is 0 Å². The summed E-state index contributed by atoms with van der Waals surface area (Å²) in [7, 11) is 0. The number of aliphatic imine (C=N–C) groups is 2. The van der Waals surface area contributed by atoms with Crippen LogP contribution in [0.2, 0.25) is 0 Å². The predicted molar refractivity (Wildman–Crippen MR) is 149 cm³/mol. The van der Waals surface area contributed by atoms with Gasteiger partial charge in [-0.1, -0.05) is 26.0 Å². The second-order valence-electron chi connectivity index (χ2n) is 11.4. The van der Waals surface area contributed by atoms with Crippen LogP contribution in [0.4, 0.5) is 0 Å². The summed E-state index contributed by atoms with van der Waals surface area (Å²) >= 11 is 0. The topological polar surface area (TPSA) is 246 Å². The lowest BCUT2D eigenvalue weighted by Gasteiger charge is -2.49. The number of aromatic nitrogens is 2. The van der Waals surface area contributed by atoms with Gasteiger partial charge in [0.15, 0.2) is 17.6 Å². The first-order chi connectivity index (χ1) is 19.8. The van der Waals surface area contributed by atoms with Crippen molar-refractivity contribution in [2.75, 3.05) is 19.7 Å². The number of nitrogens with two attached hydrogens (primary N) is 2. The normalized spacial score (nSPS) is 28.2. The summed E-state index contributed by atoms with van der Waals surface area (Å²) in [5.41, 5.74) is 11.0. The van der Waals surface area contributed by atoms with Crippen molar-refractivity contribution in [1.29, 1.82) is 0 Å². The minimum Gasteiger partial charge on any atom is -0.492 e. The molecule has 2 amide bonds. The number of ether oxygens (including phenoxy) is 1. The summed E-state index contributed by atoms with van der Waals surface area (Å²) in [6.45, 7) is 4.33. The van der Waals surface area contributed by atoms with Gasteiger partial charge >= 0.3 is 0 Å². The molecule has 42 heavy (non-hydrogen) atoms. The van der Waals surface area contributed by atoms with Crippen LogP contribution in [-0.4, -0.2) is 98.1 Å². The third kappa shape index (κ3) is 4.05. The van der Waals surface area contributed by atoms with Crippen molar-refractivity contribution in [3.8, 4) is 5.75 Å². The maximum atomic E-state index is 13.6. The molecule has 0 aliphatic carbocycles. The molecule has 0 radical (unpaired) electrons. The van der Waals surface area contributed by atoms with Gasteiger partial charge in [-0.2, -0.15) is 0 Å². The number of benzene rings is 1. The van der Waals surface area contributed by atoms with Gasteiger partial charge in [-0.05, 0) is 17.9 Å². The van der Waals surface area contributed by atoms with Crippen LogP contribution in [0.25, 0.3) is 0 Å². The number of aliphatic hydroxyl groups is 2. The molecule has 6 rings (SSSR count). The lowest BCUT2D eigenvalue weighted by Crippen LogP contribution is -2.78. The van der Waals surface area contributed by atoms with E-state index in [9.17, 15) is 24.6 Å². The highest BCUT2D eigenvalue weighted by Gasteiger charge is 2.73. The lowest BCUT2D eigenvalue weighted by molar-refractivity contribution is -0.230. The number of guanidine groups is 2. The smallest absolute Gasteiger partial charge is 0.271 e. The van der Waals surface area contributed by atoms with Gasteiger partial charge in [0.2, 0.25) is 5.79 Å². The van der Waals surface area contributed by atoms with E-state index in [0.717, 1.165) is 18.2 Å². The van der Waals surface area contributed by atoms with Crippen molar-refractivity contribution < 1.29 is 24.5 Å². The number of carbonyl (C=O) groups excluding carboxylic acids is 2. The molecular formula is C26H32N10O6. The summed E-state index contributed by atoms with van der Waals surface area (Å²) < 4.78 is 5.88. The molecule has 1 spiro atoms. The van der Waals surface area contributed by atoms with Gasteiger partial charge in [0.25, 0.3) is 17.4 Å². The van der Waals surface area contributed by atoms with Crippen LogP contribution in [0.1, 0.15) is 46.7 Å². The standard InChI is InChI=1S/C26H32N10O6/c1-24(2)6-7-42-18-12(4-3-5-13(18)24)20(38)33-16-11-36-23(28)32-14(8-31-21(39)15-9-30-17(37)10-29-15)19-25(36,26(16,40)41)35-22(27)34-19/h3-5,9-10,14,16,19,40-41H,6-8,11H2,1-2H3,(H2,28,32)(H,30,37)(H,31,39)(H,33,38)(H3,27,34,35)/t14-,16-,19-,25-/m0/s1. The molecule has 4 atom stereocenters. The Morgan fingerprint density at radius 1 is 1.21 bits per heavy atom. The van der Waals surface area contributed by atoms with E-state index in [-0.39, 0.29) is 41.7 Å². The van der Waals surface area contributed by atoms with Crippen molar-refractivity contribution in [2.45, 2.75) is 55.3 Å². The number of carbonyl (C=O) groups is 2. The predicted octanol–water partition coefficient (Wildman–Crippen LogP) is -2.97. The van der Waals surface area contributed by atoms with E-state index in [1.807, 2.05) is 6.07 Å². The molecule has 1 aromatic heterocycles. The zero-order chi connectivity index (χ0) is 30.0. The molecule has 222 valence electrons. The molecule has 2 aromatic rings. The fourth-order valence-corrected chi connectivity index (χ4v) is 6.19. The molecule has 0 saturated carbocycles. The molecule has 5 heterocycles. The second-order valence-corrected chi connectivity index (χ2v) is 11.4. The zero-order valence-corrected chi connectivity index (χ0v) is 22.9. The molecule has 1 saturated heterocycles. The number of hydrogen-bond donors (Lipinski definition) is 8. The monoisotopic (exact) mass is 580 g/mol. The largest absolute Gasteiger partial charge is 0.492 e. The van der Waals surface area contributed by atoms with E-state index in [1.165, 1.54) is 11.1 Å². The van der Waals surface area contributed by atoms with Gasteiger partial charge in [-0.25, -0.2) is 15.0 Å². The number of para-hydroxylation sites is 1. The number of fused-ring (bicyclic) bond motifs is 1. The number of amides is 2. The third-order valence-corrected chi connectivity index (χ3v) is 8.45. The molecular weight excluding hydrogens is 548 g/mol. The molecule has 16 nitrogen and oxygen atoms in total. The number of nitrogens with zero attached hydrogens (tertiary/aromatic N) is 4. The Bertz CT molecular complexity index is 1560. The molecule has 1 fully saturated rings. The highest BCUT2D eigenvalue weighted by atomic mass is 16.5. The second kappa shape index (κ2) is 9.42. The van der Waals surface area contributed by atoms with E-state index in [1.54, 1.807) is 12.1 Å². The SMILES string of the molecule is CC1(C)CCOc2c(C(=O)N[C@H]3CN4C(N)=N[C@@H](CNC(=O)c5c[nH]c(=O)cn5)[C@@H]5N=C(N)N[C@@]54C3(O)O)cccc21. The zero-order valence-electron chi connectivity index (χ0n) is 22.9. The van der Waals surface area contributed by atoms with Crippen molar-refractivity contribution >= 4 is 23.7 Å². The third-order valence-electron chi connectivity index (χ3n) is 8.45. The highest BCUT2D eigenvalue weighted by molar-refractivity contribution is 5.98. The lowest BCUT2D eigenvalue weighted by atomic mass is 9.79. The maximum absolute atomic E-state index is 13.6. The molecule has 4 aliphatic heterocycles. The minimum atomic E-state index is -2.66. The van der Waals surface area contributed by atoms with Crippen molar-refractivity contribution in [1.82, 2.24) is 30.8 Å². The first-order valence-electron chi connectivity index (χ1n) is 13.4. The minimum absolute atomic E-state index is 0.0379. The Labute approximate surface area is 239 Å². The fourth-order valence-electron chi connectivity index (χ4n) is 6.19. The average Bonchev–Trinajstić information content (AvgIpc) is 3.41. The van der Waals surface area contributed by atoms with Crippen molar-refractivity contribution in [2.24, 2.45) is 21.5 Å². The summed E-state index contributed by atoms with van der Waals surface area (Å²) in [5, 5.41) is 31.7. The van der Waals surface area contributed by atoms with Crippen LogP contribution < -0.4 is 37.7 Å². The number of H-pyrrole nitrogens is 1. The van der Waals surface area contributed by atoms with Crippen LogP contribution in [-0.2, 0) is 5.41 Å². The van der Waals surface area contributed by atoms with Gasteiger partial charge in [-0.3, -0.25) is 14.4 Å². The van der Waals surface area contributed by atoms with Crippen LogP contribution in [0.5, 0.6) is 5.75 Å². The first kappa shape index (κ1) is 27.5. The van der Waals surface area contributed by atoms with Crippen LogP contribution in [0.3, 0.4) is 0 Å². The molecule has 10 N–H and O–H groups in total. The molecule has 0 unspecified atom stereocenters. The summed E-state index contributed by atoms with van der Waals surface area (Å²) in [6, 6.07) is 2.13. The number of nitrogens with one attached hydrogen (secondary N) is 4. The van der Waals surface area contributed by atoms with Gasteiger partial charge in [-0.15, -0.1) is 0 Å². The average molecular weight is 581 g/mol. The van der Waals surface area contributed by atoms with Crippen molar-refractivity contribution in [3.05, 3.63) is 57.8 Å². The summed E-state index contributed by atoms with van der Waals surface area (Å²) in [5.74, 6) is -3.53. The Balaban J connectivity index is 1.26. The fraction of sp³-hybridized carbons (Fsp3) is 0.462. The summed E-state index contributed by atoms with van der Waals surface area (Å²) in [6.07, 6.45) is 2.93. The highest BCUT2D eigenvalue weighted by Crippen LogP contribution is 2.45. The number of hydrogen-bond acceptors (Lipinski definition) is 13. The number of rotatable bonds is 5. The van der Waals surface area contributed by atoms with Gasteiger partial charge in [0.05, 0.1) is 24.4 Å². The maximum Gasteiger partial charge on any atom is 0.271 e. The van der Waals surface area contributed by atoms with Crippen LogP contribution >= 0.6 is 0 Å². The molecule has 1 aromatic carbocycles. The molecule has 0 bridgehead atoms. The van der Waals surface area contributed by atoms with E-state index in [4.69, 9.17) is 16.2 Å². The van der Waals surface area contributed by atoms with Gasteiger partial charge < -0.3 is 52.3 Å². The summed E-state index contributed by atoms with van der Waals surface area (Å²) in [4.78, 5) is 53.9. The quantitative estimate of drug-likeness (QED) is 0.166. The Hall–Kier alpha value is -4.70. The number of aromatic amines is 1. The van der Waals surface area contributed by atoms with Gasteiger partial charge in [0, 0.05) is 24.8 Å². The van der Waals surface area contributed by atoms with E-state index in [0.29, 0.717) is 12.4 Å².